The summed E-state index contributed by atoms with van der Waals surface area (Å²) in [6, 6.07) is 0. The van der Waals surface area contributed by atoms with Gasteiger partial charge in [0.25, 0.3) is 0 Å². The van der Waals surface area contributed by atoms with Crippen LogP contribution in [-0.4, -0.2) is 63.7 Å². The zero-order valence-corrected chi connectivity index (χ0v) is 10.6. The van der Waals surface area contributed by atoms with E-state index >= 15 is 0 Å². The van der Waals surface area contributed by atoms with Crippen LogP contribution in [-0.2, 0) is 0 Å². The SMILES string of the molecule is CNCCCN1CCC(CN(C)C)CC1. The Morgan fingerprint density at radius 3 is 2.47 bits per heavy atom. The van der Waals surface area contributed by atoms with Crippen molar-refractivity contribution in [2.75, 3.05) is 53.9 Å². The minimum absolute atomic E-state index is 0.931. The Labute approximate surface area is 94.8 Å². The summed E-state index contributed by atoms with van der Waals surface area (Å²) in [6.07, 6.45) is 4.06. The Morgan fingerprint density at radius 1 is 1.27 bits per heavy atom. The molecule has 1 aliphatic rings. The fraction of sp³-hybridized carbons (Fsp3) is 1.00. The first-order chi connectivity index (χ1) is 7.22. The number of hydrogen-bond donors (Lipinski definition) is 1. The number of rotatable bonds is 6. The van der Waals surface area contributed by atoms with Crippen LogP contribution in [0.25, 0.3) is 0 Å². The van der Waals surface area contributed by atoms with Crippen molar-refractivity contribution in [3.63, 3.8) is 0 Å². The van der Waals surface area contributed by atoms with Gasteiger partial charge in [0.15, 0.2) is 0 Å². The summed E-state index contributed by atoms with van der Waals surface area (Å²) in [7, 11) is 6.39. The maximum absolute atomic E-state index is 3.21. The van der Waals surface area contributed by atoms with Crippen molar-refractivity contribution in [3.8, 4) is 0 Å². The summed E-state index contributed by atoms with van der Waals surface area (Å²) in [5.41, 5.74) is 0. The highest BCUT2D eigenvalue weighted by Crippen LogP contribution is 2.17. The molecule has 3 heteroatoms. The summed E-state index contributed by atoms with van der Waals surface area (Å²) < 4.78 is 0. The molecule has 1 heterocycles. The van der Waals surface area contributed by atoms with Gasteiger partial charge in [0.05, 0.1) is 0 Å². The lowest BCUT2D eigenvalue weighted by atomic mass is 9.96. The molecule has 0 aromatic carbocycles. The van der Waals surface area contributed by atoms with Crippen LogP contribution in [0.4, 0.5) is 0 Å². The minimum Gasteiger partial charge on any atom is -0.320 e. The van der Waals surface area contributed by atoms with E-state index in [1.807, 2.05) is 7.05 Å². The standard InChI is InChI=1S/C12H27N3/c1-13-7-4-8-15-9-5-12(6-10-15)11-14(2)3/h12-13H,4-11H2,1-3H3. The van der Waals surface area contributed by atoms with Crippen molar-refractivity contribution in [2.45, 2.75) is 19.3 Å². The van der Waals surface area contributed by atoms with Gasteiger partial charge in [-0.15, -0.1) is 0 Å². The molecule has 1 rings (SSSR count). The second-order valence-corrected chi connectivity index (χ2v) is 5.00. The average molecular weight is 213 g/mol. The number of nitrogens with zero attached hydrogens (tertiary/aromatic N) is 2. The van der Waals surface area contributed by atoms with Crippen LogP contribution in [0.1, 0.15) is 19.3 Å². The van der Waals surface area contributed by atoms with Crippen molar-refractivity contribution < 1.29 is 0 Å². The molecule has 3 nitrogen and oxygen atoms in total. The quantitative estimate of drug-likeness (QED) is 0.661. The van der Waals surface area contributed by atoms with Gasteiger partial charge in [-0.2, -0.15) is 0 Å². The second-order valence-electron chi connectivity index (χ2n) is 5.00. The molecule has 1 saturated heterocycles. The Hall–Kier alpha value is -0.120. The van der Waals surface area contributed by atoms with E-state index in [1.54, 1.807) is 0 Å². The van der Waals surface area contributed by atoms with Crippen LogP contribution in [0.3, 0.4) is 0 Å². The van der Waals surface area contributed by atoms with Crippen LogP contribution in [0.15, 0.2) is 0 Å². The van der Waals surface area contributed by atoms with E-state index in [1.165, 1.54) is 45.4 Å². The van der Waals surface area contributed by atoms with E-state index in [-0.39, 0.29) is 0 Å². The molecule has 0 spiro atoms. The first-order valence-corrected chi connectivity index (χ1v) is 6.24. The predicted molar refractivity (Wildman–Crippen MR) is 66.3 cm³/mol. The Bertz CT molecular complexity index is 151. The van der Waals surface area contributed by atoms with Crippen molar-refractivity contribution in [3.05, 3.63) is 0 Å². The van der Waals surface area contributed by atoms with Crippen LogP contribution in [0, 0.1) is 5.92 Å². The molecule has 0 amide bonds. The highest BCUT2D eigenvalue weighted by Gasteiger charge is 2.18. The van der Waals surface area contributed by atoms with Crippen LogP contribution in [0.2, 0.25) is 0 Å². The summed E-state index contributed by atoms with van der Waals surface area (Å²) in [5, 5.41) is 3.21. The summed E-state index contributed by atoms with van der Waals surface area (Å²) in [4.78, 5) is 4.94. The largest absolute Gasteiger partial charge is 0.320 e. The van der Waals surface area contributed by atoms with Gasteiger partial charge in [-0.3, -0.25) is 0 Å². The van der Waals surface area contributed by atoms with Gasteiger partial charge in [0.2, 0.25) is 0 Å². The zero-order chi connectivity index (χ0) is 11.1. The number of piperidine rings is 1. The summed E-state index contributed by atoms with van der Waals surface area (Å²) in [5.74, 6) is 0.931. The van der Waals surface area contributed by atoms with Crippen LogP contribution < -0.4 is 5.32 Å². The Balaban J connectivity index is 2.07. The topological polar surface area (TPSA) is 18.5 Å². The molecular weight excluding hydrogens is 186 g/mol. The highest BCUT2D eigenvalue weighted by atomic mass is 15.1. The van der Waals surface area contributed by atoms with Gasteiger partial charge >= 0.3 is 0 Å². The number of likely N-dealkylation sites (tertiary alicyclic amines) is 1. The van der Waals surface area contributed by atoms with Gasteiger partial charge < -0.3 is 15.1 Å². The van der Waals surface area contributed by atoms with E-state index in [2.05, 4.69) is 29.2 Å². The third kappa shape index (κ3) is 5.50. The molecule has 1 N–H and O–H groups in total. The van der Waals surface area contributed by atoms with Crippen molar-refractivity contribution in [1.82, 2.24) is 15.1 Å². The lowest BCUT2D eigenvalue weighted by Gasteiger charge is -2.33. The molecule has 1 aliphatic heterocycles. The average Bonchev–Trinajstić information content (AvgIpc) is 2.20. The smallest absolute Gasteiger partial charge is 0.000451 e. The predicted octanol–water partition coefficient (Wildman–Crippen LogP) is 0.870. The zero-order valence-electron chi connectivity index (χ0n) is 10.6. The number of nitrogens with one attached hydrogen (secondary N) is 1. The lowest BCUT2D eigenvalue weighted by molar-refractivity contribution is 0.161. The molecule has 0 atom stereocenters. The summed E-state index contributed by atoms with van der Waals surface area (Å²) >= 11 is 0. The van der Waals surface area contributed by atoms with Gasteiger partial charge in [0, 0.05) is 6.54 Å². The monoisotopic (exact) mass is 213 g/mol. The molecule has 0 radical (unpaired) electrons. The van der Waals surface area contributed by atoms with Crippen LogP contribution >= 0.6 is 0 Å². The molecule has 0 bridgehead atoms. The highest BCUT2D eigenvalue weighted by molar-refractivity contribution is 4.73. The third-order valence-corrected chi connectivity index (χ3v) is 3.23. The Morgan fingerprint density at radius 2 is 1.93 bits per heavy atom. The summed E-state index contributed by atoms with van der Waals surface area (Å²) in [6.45, 7) is 6.31. The fourth-order valence-corrected chi connectivity index (χ4v) is 2.39. The van der Waals surface area contributed by atoms with Gasteiger partial charge in [-0.25, -0.2) is 0 Å². The van der Waals surface area contributed by atoms with E-state index in [4.69, 9.17) is 0 Å². The molecule has 0 aromatic heterocycles. The van der Waals surface area contributed by atoms with Crippen molar-refractivity contribution >= 4 is 0 Å². The van der Waals surface area contributed by atoms with Gasteiger partial charge in [0.1, 0.15) is 0 Å². The molecule has 0 saturated carbocycles. The normalized spacial score (nSPS) is 20.0. The molecule has 90 valence electrons. The molecule has 15 heavy (non-hydrogen) atoms. The minimum atomic E-state index is 0.931. The number of hydrogen-bond acceptors (Lipinski definition) is 3. The second kappa shape index (κ2) is 7.20. The van der Waals surface area contributed by atoms with E-state index in [9.17, 15) is 0 Å². The van der Waals surface area contributed by atoms with E-state index < -0.39 is 0 Å². The molecular formula is C12H27N3. The molecule has 1 fully saturated rings. The van der Waals surface area contributed by atoms with E-state index in [0.29, 0.717) is 0 Å². The van der Waals surface area contributed by atoms with Crippen LogP contribution in [0.5, 0.6) is 0 Å². The molecule has 0 unspecified atom stereocenters. The fourth-order valence-electron chi connectivity index (χ4n) is 2.39. The van der Waals surface area contributed by atoms with Gasteiger partial charge in [-0.1, -0.05) is 0 Å². The molecule has 0 aliphatic carbocycles. The molecule has 0 aromatic rings. The third-order valence-electron chi connectivity index (χ3n) is 3.23. The van der Waals surface area contributed by atoms with E-state index in [0.717, 1.165) is 12.5 Å². The van der Waals surface area contributed by atoms with Crippen molar-refractivity contribution in [1.29, 1.82) is 0 Å². The van der Waals surface area contributed by atoms with Crippen molar-refractivity contribution in [2.24, 2.45) is 5.92 Å². The van der Waals surface area contributed by atoms with Gasteiger partial charge in [-0.05, 0) is 72.5 Å². The lowest BCUT2D eigenvalue weighted by Crippen LogP contribution is -2.38. The Kier molecular flexibility index (Phi) is 6.22. The maximum Gasteiger partial charge on any atom is 0.000451 e. The first-order valence-electron chi connectivity index (χ1n) is 6.24. The maximum atomic E-state index is 3.21. The first kappa shape index (κ1) is 12.9.